The molecule has 0 saturated carbocycles. The van der Waals surface area contributed by atoms with Crippen molar-refractivity contribution in [3.63, 3.8) is 0 Å². The van der Waals surface area contributed by atoms with Crippen molar-refractivity contribution in [2.45, 2.75) is 79.7 Å². The maximum absolute atomic E-state index is 8.07. The Kier molecular flexibility index (Phi) is 8.47. The molecule has 0 spiro atoms. The van der Waals surface area contributed by atoms with Crippen molar-refractivity contribution in [1.82, 2.24) is 0 Å². The summed E-state index contributed by atoms with van der Waals surface area (Å²) in [6, 6.07) is 9.66. The Morgan fingerprint density at radius 2 is 1.70 bits per heavy atom. The van der Waals surface area contributed by atoms with Crippen LogP contribution in [0.5, 0.6) is 0 Å². The van der Waals surface area contributed by atoms with E-state index in [0.29, 0.717) is 0 Å². The summed E-state index contributed by atoms with van der Waals surface area (Å²) in [5, 5.41) is 7.98. The van der Waals surface area contributed by atoms with E-state index in [0.717, 1.165) is 5.56 Å². The molecule has 1 aromatic carbocycles. The molecule has 3 rings (SSSR count). The van der Waals surface area contributed by atoms with Crippen LogP contribution in [-0.2, 0) is 28.1 Å². The quantitative estimate of drug-likeness (QED) is 0.227. The molecule has 186 valence electrons. The molecule has 33 heavy (non-hydrogen) atoms. The van der Waals surface area contributed by atoms with Crippen molar-refractivity contribution in [3.05, 3.63) is 35.9 Å². The van der Waals surface area contributed by atoms with Crippen molar-refractivity contribution in [3.8, 4) is 0 Å². The molecule has 1 aromatic rings. The van der Waals surface area contributed by atoms with Crippen LogP contribution in [0.3, 0.4) is 0 Å². The minimum atomic E-state index is -2.32. The molecule has 2 aliphatic rings. The molecule has 0 aromatic heterocycles. The van der Waals surface area contributed by atoms with E-state index in [9.17, 15) is 0 Å². The normalized spacial score (nSPS) is 31.1. The van der Waals surface area contributed by atoms with Gasteiger partial charge in [0, 0.05) is 12.7 Å². The number of halogens is 3. The first-order valence-electron chi connectivity index (χ1n) is 10.7. The van der Waals surface area contributed by atoms with E-state index in [4.69, 9.17) is 68.3 Å². The van der Waals surface area contributed by atoms with Gasteiger partial charge in [0.15, 0.2) is 14.6 Å². The zero-order valence-corrected chi connectivity index (χ0v) is 22.9. The Labute approximate surface area is 211 Å². The number of nitrogens with one attached hydrogen (secondary N) is 1. The van der Waals surface area contributed by atoms with Gasteiger partial charge in [-0.05, 0) is 18.1 Å². The lowest BCUT2D eigenvalue weighted by Crippen LogP contribution is -2.66. The Bertz CT molecular complexity index is 817. The number of alkyl halides is 3. The first kappa shape index (κ1) is 27.2. The van der Waals surface area contributed by atoms with Gasteiger partial charge in [-0.1, -0.05) is 85.9 Å². The van der Waals surface area contributed by atoms with Gasteiger partial charge in [-0.2, -0.15) is 0 Å². The minimum absolute atomic E-state index is 0.0987. The molecule has 7 nitrogen and oxygen atoms in total. The van der Waals surface area contributed by atoms with Gasteiger partial charge in [0.25, 0.3) is 3.79 Å². The SMILES string of the molecule is CO[C@H]1[C@H](O[Si](C)(C)C(C)(C)C)[C@H](OC(=N)C(Cl)(Cl)Cl)O[C@@H]2CO[C@@H](c3ccccc3)O[C@@H]12. The molecule has 0 amide bonds. The molecular formula is C22H32Cl3NO6Si. The lowest BCUT2D eigenvalue weighted by atomic mass is 9.97. The van der Waals surface area contributed by atoms with E-state index in [1.165, 1.54) is 0 Å². The Hall–Kier alpha value is -0.423. The zero-order chi connectivity index (χ0) is 24.6. The van der Waals surface area contributed by atoms with Crippen molar-refractivity contribution < 1.29 is 28.1 Å². The Balaban J connectivity index is 1.91. The fraction of sp³-hybridized carbons (Fsp3) is 0.682. The minimum Gasteiger partial charge on any atom is -0.445 e. The molecule has 0 radical (unpaired) electrons. The Morgan fingerprint density at radius 1 is 1.06 bits per heavy atom. The largest absolute Gasteiger partial charge is 0.445 e. The fourth-order valence-corrected chi connectivity index (χ4v) is 4.93. The van der Waals surface area contributed by atoms with E-state index in [1.54, 1.807) is 7.11 Å². The zero-order valence-electron chi connectivity index (χ0n) is 19.6. The Morgan fingerprint density at radius 3 is 2.24 bits per heavy atom. The highest BCUT2D eigenvalue weighted by atomic mass is 35.6. The van der Waals surface area contributed by atoms with E-state index in [2.05, 4.69) is 33.9 Å². The summed E-state index contributed by atoms with van der Waals surface area (Å²) in [6.45, 7) is 10.8. The molecule has 0 bridgehead atoms. The van der Waals surface area contributed by atoms with Gasteiger partial charge in [0.2, 0.25) is 12.2 Å². The van der Waals surface area contributed by atoms with Crippen LogP contribution in [0.1, 0.15) is 32.6 Å². The van der Waals surface area contributed by atoms with Crippen molar-refractivity contribution in [2.75, 3.05) is 13.7 Å². The lowest BCUT2D eigenvalue weighted by molar-refractivity contribution is -0.352. The van der Waals surface area contributed by atoms with Gasteiger partial charge >= 0.3 is 0 Å². The first-order valence-corrected chi connectivity index (χ1v) is 14.8. The molecule has 2 fully saturated rings. The van der Waals surface area contributed by atoms with Gasteiger partial charge < -0.3 is 28.1 Å². The molecule has 0 unspecified atom stereocenters. The molecule has 2 aliphatic heterocycles. The van der Waals surface area contributed by atoms with E-state index >= 15 is 0 Å². The average molecular weight is 541 g/mol. The molecule has 11 heteroatoms. The van der Waals surface area contributed by atoms with E-state index in [-0.39, 0.29) is 11.6 Å². The molecule has 6 atom stereocenters. The topological polar surface area (TPSA) is 79.2 Å². The van der Waals surface area contributed by atoms with Crippen molar-refractivity contribution >= 4 is 49.0 Å². The second kappa shape index (κ2) is 10.3. The highest BCUT2D eigenvalue weighted by Gasteiger charge is 2.55. The van der Waals surface area contributed by atoms with Crippen LogP contribution in [0.25, 0.3) is 0 Å². The van der Waals surface area contributed by atoms with Crippen LogP contribution < -0.4 is 0 Å². The van der Waals surface area contributed by atoms with Gasteiger partial charge in [0.1, 0.15) is 24.4 Å². The van der Waals surface area contributed by atoms with Crippen LogP contribution in [0, 0.1) is 5.41 Å². The standard InChI is InChI=1S/C22H32Cl3NO6Si/c1-21(2,3)33(5,6)32-17-16(27-4)15-14(29-19(17)31-20(26)22(23,24)25)12-28-18(30-15)13-10-8-7-9-11-13/h7-11,14-19,26H,12H2,1-6H3/t14-,15-,16-,17+,18-,19+/m1/s1. The molecule has 2 heterocycles. The second-order valence-corrected chi connectivity index (χ2v) is 16.7. The molecular weight excluding hydrogens is 509 g/mol. The number of hydrogen-bond donors (Lipinski definition) is 1. The summed E-state index contributed by atoms with van der Waals surface area (Å²) in [5.41, 5.74) is 0.893. The predicted octanol–water partition coefficient (Wildman–Crippen LogP) is 5.59. The van der Waals surface area contributed by atoms with Crippen LogP contribution in [0.2, 0.25) is 18.1 Å². The highest BCUT2D eigenvalue weighted by Crippen LogP contribution is 2.42. The monoisotopic (exact) mass is 539 g/mol. The fourth-order valence-electron chi connectivity index (χ4n) is 3.51. The van der Waals surface area contributed by atoms with Crippen LogP contribution in [0.4, 0.5) is 0 Å². The van der Waals surface area contributed by atoms with Crippen LogP contribution in [-0.4, -0.2) is 62.4 Å². The number of methoxy groups -OCH3 is 1. The maximum atomic E-state index is 8.07. The molecule has 2 saturated heterocycles. The number of rotatable bonds is 5. The summed E-state index contributed by atoms with van der Waals surface area (Å²) in [6.07, 6.45) is -3.93. The van der Waals surface area contributed by atoms with Gasteiger partial charge in [-0.25, -0.2) is 0 Å². The molecule has 1 N–H and O–H groups in total. The van der Waals surface area contributed by atoms with E-state index < -0.39 is 55.0 Å². The average Bonchev–Trinajstić information content (AvgIpc) is 2.72. The predicted molar refractivity (Wildman–Crippen MR) is 131 cm³/mol. The summed E-state index contributed by atoms with van der Waals surface area (Å²) >= 11 is 17.6. The van der Waals surface area contributed by atoms with Crippen LogP contribution >= 0.6 is 34.8 Å². The number of benzene rings is 1. The van der Waals surface area contributed by atoms with Gasteiger partial charge in [0.05, 0.1) is 6.61 Å². The van der Waals surface area contributed by atoms with Gasteiger partial charge in [-0.3, -0.25) is 5.41 Å². The number of fused-ring (bicyclic) bond motifs is 1. The summed E-state index contributed by atoms with van der Waals surface area (Å²) in [4.78, 5) is 0. The third kappa shape index (κ3) is 6.23. The number of hydrogen-bond acceptors (Lipinski definition) is 7. The third-order valence-electron chi connectivity index (χ3n) is 6.36. The lowest BCUT2D eigenvalue weighted by Gasteiger charge is -2.51. The first-order chi connectivity index (χ1) is 15.2. The van der Waals surface area contributed by atoms with Crippen molar-refractivity contribution in [1.29, 1.82) is 5.41 Å². The van der Waals surface area contributed by atoms with Gasteiger partial charge in [-0.15, -0.1) is 0 Å². The second-order valence-electron chi connectivity index (χ2n) is 9.71. The summed E-state index contributed by atoms with van der Waals surface area (Å²) in [5.74, 6) is -0.561. The summed E-state index contributed by atoms with van der Waals surface area (Å²) < 4.78 is 34.6. The van der Waals surface area contributed by atoms with E-state index in [1.807, 2.05) is 30.3 Å². The van der Waals surface area contributed by atoms with Crippen LogP contribution in [0.15, 0.2) is 30.3 Å². The molecule has 0 aliphatic carbocycles. The maximum Gasteiger partial charge on any atom is 0.265 e. The smallest absolute Gasteiger partial charge is 0.265 e. The summed E-state index contributed by atoms with van der Waals surface area (Å²) in [7, 11) is -0.737. The third-order valence-corrected chi connectivity index (χ3v) is 11.3. The van der Waals surface area contributed by atoms with Crippen molar-refractivity contribution in [2.24, 2.45) is 0 Å². The number of ether oxygens (including phenoxy) is 5. The highest BCUT2D eigenvalue weighted by molar-refractivity contribution is 6.76.